The van der Waals surface area contributed by atoms with Crippen LogP contribution in [0, 0.1) is 0 Å². The van der Waals surface area contributed by atoms with Crippen LogP contribution in [0.5, 0.6) is 5.75 Å². The molecule has 142 valence electrons. The van der Waals surface area contributed by atoms with Gasteiger partial charge in [-0.1, -0.05) is 6.92 Å². The van der Waals surface area contributed by atoms with Gasteiger partial charge < -0.3 is 15.0 Å². The number of hydrogen-bond donors (Lipinski definition) is 1. The molecular formula is C20H29N3O3. The van der Waals surface area contributed by atoms with Crippen molar-refractivity contribution >= 4 is 17.5 Å². The van der Waals surface area contributed by atoms with E-state index in [1.165, 1.54) is 5.56 Å². The van der Waals surface area contributed by atoms with Gasteiger partial charge in [0.25, 0.3) is 0 Å². The fraction of sp³-hybridized carbons (Fsp3) is 0.600. The molecule has 0 spiro atoms. The van der Waals surface area contributed by atoms with E-state index in [1.54, 1.807) is 7.11 Å². The van der Waals surface area contributed by atoms with Gasteiger partial charge in [-0.15, -0.1) is 0 Å². The van der Waals surface area contributed by atoms with Crippen molar-refractivity contribution in [2.75, 3.05) is 38.2 Å². The molecule has 1 unspecified atom stereocenters. The molecule has 2 aliphatic heterocycles. The number of hydrogen-bond acceptors (Lipinski definition) is 4. The number of likely N-dealkylation sites (tertiary alicyclic amines) is 1. The molecule has 1 atom stereocenters. The van der Waals surface area contributed by atoms with E-state index in [-0.39, 0.29) is 17.9 Å². The van der Waals surface area contributed by atoms with Gasteiger partial charge in [-0.2, -0.15) is 0 Å². The average Bonchev–Trinajstić information content (AvgIpc) is 2.67. The Kier molecular flexibility index (Phi) is 6.14. The zero-order chi connectivity index (χ0) is 18.5. The number of benzene rings is 1. The van der Waals surface area contributed by atoms with Gasteiger partial charge in [0.15, 0.2) is 0 Å². The van der Waals surface area contributed by atoms with Crippen LogP contribution in [0.3, 0.4) is 0 Å². The van der Waals surface area contributed by atoms with Gasteiger partial charge in [0, 0.05) is 31.2 Å². The van der Waals surface area contributed by atoms with Crippen LogP contribution in [0.25, 0.3) is 0 Å². The smallest absolute Gasteiger partial charge is 0.241 e. The highest BCUT2D eigenvalue weighted by Gasteiger charge is 2.27. The van der Waals surface area contributed by atoms with Gasteiger partial charge in [0.2, 0.25) is 11.8 Å². The molecule has 1 saturated heterocycles. The molecule has 6 heteroatoms. The maximum Gasteiger partial charge on any atom is 0.241 e. The molecule has 0 bridgehead atoms. The van der Waals surface area contributed by atoms with Crippen LogP contribution >= 0.6 is 0 Å². The number of methoxy groups -OCH3 is 1. The third-order valence-corrected chi connectivity index (χ3v) is 5.26. The number of nitrogens with zero attached hydrogens (tertiary/aromatic N) is 2. The van der Waals surface area contributed by atoms with E-state index >= 15 is 0 Å². The Morgan fingerprint density at radius 2 is 2.12 bits per heavy atom. The summed E-state index contributed by atoms with van der Waals surface area (Å²) < 4.78 is 5.30. The van der Waals surface area contributed by atoms with Gasteiger partial charge in [0.05, 0.1) is 13.7 Å². The number of rotatable bonds is 5. The van der Waals surface area contributed by atoms with E-state index in [0.717, 1.165) is 56.8 Å². The molecule has 2 amide bonds. The lowest BCUT2D eigenvalue weighted by Crippen LogP contribution is -2.51. The van der Waals surface area contributed by atoms with Gasteiger partial charge in [-0.05, 0) is 56.0 Å². The van der Waals surface area contributed by atoms with Gasteiger partial charge in [-0.25, -0.2) is 0 Å². The molecule has 0 radical (unpaired) electrons. The molecule has 3 rings (SSSR count). The quantitative estimate of drug-likeness (QED) is 0.873. The molecule has 0 aromatic heterocycles. The van der Waals surface area contributed by atoms with Crippen molar-refractivity contribution in [3.63, 3.8) is 0 Å². The van der Waals surface area contributed by atoms with Crippen molar-refractivity contribution in [1.82, 2.24) is 10.2 Å². The van der Waals surface area contributed by atoms with Crippen molar-refractivity contribution in [2.24, 2.45) is 0 Å². The first-order valence-corrected chi connectivity index (χ1v) is 9.59. The van der Waals surface area contributed by atoms with Crippen molar-refractivity contribution < 1.29 is 14.3 Å². The summed E-state index contributed by atoms with van der Waals surface area (Å²) in [6, 6.07) is 6.10. The molecule has 6 nitrogen and oxygen atoms in total. The number of carbonyl (C=O) groups is 2. The lowest BCUT2D eigenvalue weighted by Gasteiger charge is -2.35. The van der Waals surface area contributed by atoms with Crippen LogP contribution in [0.4, 0.5) is 5.69 Å². The van der Waals surface area contributed by atoms with E-state index in [4.69, 9.17) is 4.74 Å². The summed E-state index contributed by atoms with van der Waals surface area (Å²) in [6.45, 7) is 4.70. The largest absolute Gasteiger partial charge is 0.497 e. The maximum atomic E-state index is 12.9. The van der Waals surface area contributed by atoms with Crippen molar-refractivity contribution in [2.45, 2.75) is 45.1 Å². The van der Waals surface area contributed by atoms with Crippen LogP contribution in [0.15, 0.2) is 18.2 Å². The summed E-state index contributed by atoms with van der Waals surface area (Å²) in [5, 5.41) is 3.06. The number of carbonyl (C=O) groups excluding carboxylic acids is 2. The van der Waals surface area contributed by atoms with E-state index in [2.05, 4.69) is 10.2 Å². The molecule has 26 heavy (non-hydrogen) atoms. The SMILES string of the molecule is CCC(=O)NC1CCCN(CC(=O)N2CCCc3cc(OC)ccc32)C1. The standard InChI is InChI=1S/C20H29N3O3/c1-3-19(24)21-16-7-5-10-22(13-16)14-20(25)23-11-4-6-15-12-17(26-2)8-9-18(15)23/h8-9,12,16H,3-7,10-11,13-14H2,1-2H3,(H,21,24). The zero-order valence-electron chi connectivity index (χ0n) is 15.8. The number of ether oxygens (including phenoxy) is 1. The molecule has 1 fully saturated rings. The Labute approximate surface area is 155 Å². The maximum absolute atomic E-state index is 12.9. The monoisotopic (exact) mass is 359 g/mol. The van der Waals surface area contributed by atoms with Gasteiger partial charge in [0.1, 0.15) is 5.75 Å². The second-order valence-corrected chi connectivity index (χ2v) is 7.14. The Balaban J connectivity index is 1.63. The highest BCUT2D eigenvalue weighted by Crippen LogP contribution is 2.30. The first kappa shape index (κ1) is 18.7. The molecule has 1 aromatic rings. The molecule has 0 saturated carbocycles. The van der Waals surface area contributed by atoms with E-state index in [1.807, 2.05) is 30.0 Å². The van der Waals surface area contributed by atoms with E-state index in [9.17, 15) is 9.59 Å². The Hall–Kier alpha value is -2.08. The second kappa shape index (κ2) is 8.54. The van der Waals surface area contributed by atoms with Gasteiger partial charge in [-0.3, -0.25) is 14.5 Å². The number of aryl methyl sites for hydroxylation is 1. The van der Waals surface area contributed by atoms with Gasteiger partial charge >= 0.3 is 0 Å². The lowest BCUT2D eigenvalue weighted by atomic mass is 10.0. The third-order valence-electron chi connectivity index (χ3n) is 5.26. The van der Waals surface area contributed by atoms with Crippen LogP contribution < -0.4 is 15.0 Å². The minimum absolute atomic E-state index is 0.0853. The summed E-state index contributed by atoms with van der Waals surface area (Å²) in [5.74, 6) is 1.06. The Morgan fingerprint density at radius 3 is 2.88 bits per heavy atom. The predicted octanol–water partition coefficient (Wildman–Crippen LogP) is 1.96. The van der Waals surface area contributed by atoms with Crippen LogP contribution in [-0.2, 0) is 16.0 Å². The number of amides is 2. The fourth-order valence-electron chi connectivity index (χ4n) is 3.88. The number of nitrogens with one attached hydrogen (secondary N) is 1. The number of anilines is 1. The van der Waals surface area contributed by atoms with Crippen molar-refractivity contribution in [1.29, 1.82) is 0 Å². The normalized spacial score (nSPS) is 20.4. The number of piperidine rings is 1. The highest BCUT2D eigenvalue weighted by atomic mass is 16.5. The lowest BCUT2D eigenvalue weighted by molar-refractivity contribution is -0.122. The van der Waals surface area contributed by atoms with Crippen LogP contribution in [0.1, 0.15) is 38.2 Å². The minimum Gasteiger partial charge on any atom is -0.497 e. The molecule has 0 aliphatic carbocycles. The molecular weight excluding hydrogens is 330 g/mol. The Bertz CT molecular complexity index is 662. The van der Waals surface area contributed by atoms with E-state index in [0.29, 0.717) is 13.0 Å². The molecule has 1 N–H and O–H groups in total. The van der Waals surface area contributed by atoms with E-state index < -0.39 is 0 Å². The first-order valence-electron chi connectivity index (χ1n) is 9.59. The molecule has 2 aliphatic rings. The minimum atomic E-state index is 0.0853. The van der Waals surface area contributed by atoms with Crippen molar-refractivity contribution in [3.05, 3.63) is 23.8 Å². The Morgan fingerprint density at radius 1 is 1.27 bits per heavy atom. The summed E-state index contributed by atoms with van der Waals surface area (Å²) in [5.41, 5.74) is 2.19. The van der Waals surface area contributed by atoms with Crippen LogP contribution in [0.2, 0.25) is 0 Å². The van der Waals surface area contributed by atoms with Crippen molar-refractivity contribution in [3.8, 4) is 5.75 Å². The first-order chi connectivity index (χ1) is 12.6. The summed E-state index contributed by atoms with van der Waals surface area (Å²) >= 11 is 0. The summed E-state index contributed by atoms with van der Waals surface area (Å²) in [7, 11) is 1.66. The topological polar surface area (TPSA) is 61.9 Å². The zero-order valence-corrected chi connectivity index (χ0v) is 15.8. The summed E-state index contributed by atoms with van der Waals surface area (Å²) in [4.78, 5) is 28.6. The fourth-order valence-corrected chi connectivity index (χ4v) is 3.88. The van der Waals surface area contributed by atoms with Crippen LogP contribution in [-0.4, -0.2) is 56.0 Å². The second-order valence-electron chi connectivity index (χ2n) is 7.14. The predicted molar refractivity (Wildman–Crippen MR) is 102 cm³/mol. The average molecular weight is 359 g/mol. The molecule has 2 heterocycles. The summed E-state index contributed by atoms with van der Waals surface area (Å²) in [6.07, 6.45) is 4.45. The number of fused-ring (bicyclic) bond motifs is 1. The third kappa shape index (κ3) is 4.36. The molecule has 1 aromatic carbocycles. The highest BCUT2D eigenvalue weighted by molar-refractivity contribution is 5.96.